The molecule has 0 amide bonds. The second-order valence-corrected chi connectivity index (χ2v) is 6.87. The summed E-state index contributed by atoms with van der Waals surface area (Å²) in [4.78, 5) is 10.6. The number of carbonyl (C=O) groups is 1. The average molecular weight is 321 g/mol. The van der Waals surface area contributed by atoms with E-state index in [9.17, 15) is 13.2 Å². The fraction of sp³-hybridized carbons (Fsp3) is 0.417. The molecule has 0 unspecified atom stereocenters. The van der Waals surface area contributed by atoms with Gasteiger partial charge in [0.25, 0.3) is 9.05 Å². The summed E-state index contributed by atoms with van der Waals surface area (Å²) < 4.78 is 33.9. The van der Waals surface area contributed by atoms with Crippen molar-refractivity contribution in [3.8, 4) is 5.75 Å². The van der Waals surface area contributed by atoms with E-state index in [1.807, 2.05) is 0 Å². The van der Waals surface area contributed by atoms with Crippen LogP contribution in [0.2, 0.25) is 0 Å². The molecule has 1 aromatic rings. The molecule has 1 aliphatic rings. The maximum absolute atomic E-state index is 11.5. The first kappa shape index (κ1) is 15.1. The second kappa shape index (κ2) is 5.99. The Hall–Kier alpha value is -1.31. The van der Waals surface area contributed by atoms with Crippen LogP contribution < -0.4 is 4.74 Å². The molecule has 0 spiro atoms. The number of hydrogen-bond donors (Lipinski definition) is 1. The lowest BCUT2D eigenvalue weighted by Crippen LogP contribution is -2.26. The zero-order valence-electron chi connectivity index (χ0n) is 10.4. The summed E-state index contributed by atoms with van der Waals surface area (Å²) in [5.74, 6) is -1.17. The minimum Gasteiger partial charge on any atom is -0.489 e. The van der Waals surface area contributed by atoms with Crippen LogP contribution >= 0.6 is 10.7 Å². The fourth-order valence-corrected chi connectivity index (χ4v) is 2.89. The average Bonchev–Trinajstić information content (AvgIpc) is 2.39. The Kier molecular flexibility index (Phi) is 4.52. The third-order valence-corrected chi connectivity index (χ3v) is 4.26. The second-order valence-electron chi connectivity index (χ2n) is 4.33. The van der Waals surface area contributed by atoms with Crippen molar-refractivity contribution in [2.75, 3.05) is 13.2 Å². The number of ether oxygens (including phenoxy) is 2. The zero-order chi connectivity index (χ0) is 14.8. The summed E-state index contributed by atoms with van der Waals surface area (Å²) in [5, 5.41) is 8.89. The van der Waals surface area contributed by atoms with E-state index < -0.39 is 15.0 Å². The highest BCUT2D eigenvalue weighted by molar-refractivity contribution is 8.13. The van der Waals surface area contributed by atoms with Crippen LogP contribution in [0.15, 0.2) is 23.1 Å². The van der Waals surface area contributed by atoms with Crippen LogP contribution in [0.4, 0.5) is 0 Å². The van der Waals surface area contributed by atoms with E-state index in [0.717, 1.165) is 6.07 Å². The molecule has 1 fully saturated rings. The van der Waals surface area contributed by atoms with Crippen molar-refractivity contribution in [3.05, 3.63) is 23.8 Å². The lowest BCUT2D eigenvalue weighted by Gasteiger charge is -2.24. The van der Waals surface area contributed by atoms with Crippen LogP contribution in [0.5, 0.6) is 5.75 Å². The van der Waals surface area contributed by atoms with Gasteiger partial charge in [-0.15, -0.1) is 0 Å². The molecule has 0 atom stereocenters. The molecule has 1 heterocycles. The Morgan fingerprint density at radius 2 is 2.00 bits per heavy atom. The molecule has 0 radical (unpaired) electrons. The first-order valence-corrected chi connectivity index (χ1v) is 8.25. The number of aromatic carboxylic acids is 1. The van der Waals surface area contributed by atoms with E-state index in [4.69, 9.17) is 25.3 Å². The third kappa shape index (κ3) is 3.62. The van der Waals surface area contributed by atoms with Gasteiger partial charge < -0.3 is 14.6 Å². The molecular weight excluding hydrogens is 308 g/mol. The minimum absolute atomic E-state index is 0.0666. The van der Waals surface area contributed by atoms with E-state index in [1.165, 1.54) is 12.1 Å². The van der Waals surface area contributed by atoms with E-state index in [1.54, 1.807) is 0 Å². The molecule has 0 aromatic heterocycles. The molecule has 1 aliphatic heterocycles. The monoisotopic (exact) mass is 320 g/mol. The number of carboxylic acid groups (broad SMARTS) is 1. The maximum atomic E-state index is 11.5. The highest BCUT2D eigenvalue weighted by Crippen LogP contribution is 2.30. The fourth-order valence-electron chi connectivity index (χ4n) is 1.90. The first-order chi connectivity index (χ1) is 9.38. The normalized spacial score (nSPS) is 16.9. The Bertz CT molecular complexity index is 606. The predicted molar refractivity (Wildman–Crippen MR) is 70.9 cm³/mol. The maximum Gasteiger partial charge on any atom is 0.335 e. The largest absolute Gasteiger partial charge is 0.489 e. The molecule has 1 N–H and O–H groups in total. The van der Waals surface area contributed by atoms with E-state index in [0.29, 0.717) is 26.1 Å². The Labute approximate surface area is 120 Å². The van der Waals surface area contributed by atoms with Gasteiger partial charge in [0.1, 0.15) is 16.7 Å². The van der Waals surface area contributed by atoms with Gasteiger partial charge in [-0.2, -0.15) is 0 Å². The van der Waals surface area contributed by atoms with Crippen LogP contribution in [0, 0.1) is 0 Å². The number of rotatable bonds is 4. The molecule has 1 saturated heterocycles. The summed E-state index contributed by atoms with van der Waals surface area (Å²) in [6.45, 7) is 1.08. The molecule has 0 bridgehead atoms. The van der Waals surface area contributed by atoms with Crippen molar-refractivity contribution >= 4 is 25.7 Å². The molecule has 6 nitrogen and oxygen atoms in total. The van der Waals surface area contributed by atoms with Gasteiger partial charge in [-0.25, -0.2) is 13.2 Å². The van der Waals surface area contributed by atoms with Crippen LogP contribution in [0.1, 0.15) is 23.2 Å². The van der Waals surface area contributed by atoms with E-state index in [-0.39, 0.29) is 22.3 Å². The lowest BCUT2D eigenvalue weighted by molar-refractivity contribution is 0.0244. The molecule has 8 heteroatoms. The molecular formula is C12H13ClO6S. The molecule has 1 aromatic carbocycles. The molecule has 0 aliphatic carbocycles. The number of halogens is 1. The summed E-state index contributed by atoms with van der Waals surface area (Å²) in [6, 6.07) is 3.59. The standard InChI is InChI=1S/C12H13ClO6S/c13-20(16,17)11-7-8(12(14)15)1-2-10(11)19-9-3-5-18-6-4-9/h1-2,7,9H,3-6H2,(H,14,15). The quantitative estimate of drug-likeness (QED) is 0.852. The van der Waals surface area contributed by atoms with Gasteiger partial charge in [-0.1, -0.05) is 0 Å². The van der Waals surface area contributed by atoms with Crippen LogP contribution in [0.3, 0.4) is 0 Å². The van der Waals surface area contributed by atoms with Gasteiger partial charge in [-0.3, -0.25) is 0 Å². The molecule has 0 saturated carbocycles. The van der Waals surface area contributed by atoms with E-state index >= 15 is 0 Å². The highest BCUT2D eigenvalue weighted by Gasteiger charge is 2.23. The lowest BCUT2D eigenvalue weighted by atomic mass is 10.1. The van der Waals surface area contributed by atoms with Crippen molar-refractivity contribution in [3.63, 3.8) is 0 Å². The van der Waals surface area contributed by atoms with Gasteiger partial charge in [0.15, 0.2) is 0 Å². The number of hydrogen-bond acceptors (Lipinski definition) is 5. The highest BCUT2D eigenvalue weighted by atomic mass is 35.7. The van der Waals surface area contributed by atoms with Crippen molar-refractivity contribution in [1.82, 2.24) is 0 Å². The molecule has 2 rings (SSSR count). The zero-order valence-corrected chi connectivity index (χ0v) is 12.0. The van der Waals surface area contributed by atoms with Crippen molar-refractivity contribution in [1.29, 1.82) is 0 Å². The molecule has 110 valence electrons. The van der Waals surface area contributed by atoms with Crippen LogP contribution in [0.25, 0.3) is 0 Å². The number of carboxylic acids is 1. The smallest absolute Gasteiger partial charge is 0.335 e. The van der Waals surface area contributed by atoms with Gasteiger partial charge in [0, 0.05) is 23.5 Å². The predicted octanol–water partition coefficient (Wildman–Crippen LogP) is 1.87. The van der Waals surface area contributed by atoms with Gasteiger partial charge in [0.05, 0.1) is 18.8 Å². The summed E-state index contributed by atoms with van der Waals surface area (Å²) >= 11 is 0. The summed E-state index contributed by atoms with van der Waals surface area (Å²) in [7, 11) is 1.25. The van der Waals surface area contributed by atoms with Crippen molar-refractivity contribution in [2.45, 2.75) is 23.8 Å². The third-order valence-electron chi connectivity index (χ3n) is 2.92. The number of benzene rings is 1. The molecule has 20 heavy (non-hydrogen) atoms. The van der Waals surface area contributed by atoms with Gasteiger partial charge >= 0.3 is 5.97 Å². The SMILES string of the molecule is O=C(O)c1ccc(OC2CCOCC2)c(S(=O)(=O)Cl)c1. The summed E-state index contributed by atoms with van der Waals surface area (Å²) in [5.41, 5.74) is -0.163. The van der Waals surface area contributed by atoms with Crippen molar-refractivity contribution < 1.29 is 27.8 Å². The minimum atomic E-state index is -4.09. The van der Waals surface area contributed by atoms with Crippen LogP contribution in [-0.4, -0.2) is 38.8 Å². The Morgan fingerprint density at radius 3 is 2.55 bits per heavy atom. The van der Waals surface area contributed by atoms with E-state index in [2.05, 4.69) is 0 Å². The van der Waals surface area contributed by atoms with Gasteiger partial charge in [-0.05, 0) is 18.2 Å². The van der Waals surface area contributed by atoms with Crippen LogP contribution in [-0.2, 0) is 13.8 Å². The van der Waals surface area contributed by atoms with Crippen molar-refractivity contribution in [2.24, 2.45) is 0 Å². The van der Waals surface area contributed by atoms with Gasteiger partial charge in [0.2, 0.25) is 0 Å². The first-order valence-electron chi connectivity index (χ1n) is 5.94. The Morgan fingerprint density at radius 1 is 1.35 bits per heavy atom. The topological polar surface area (TPSA) is 89.9 Å². The summed E-state index contributed by atoms with van der Waals surface area (Å²) in [6.07, 6.45) is 1.11. The Balaban J connectivity index is 2.33.